The van der Waals surface area contributed by atoms with Gasteiger partial charge in [0.15, 0.2) is 0 Å². The Labute approximate surface area is 147 Å². The van der Waals surface area contributed by atoms with Crippen molar-refractivity contribution in [2.24, 2.45) is 5.73 Å². The van der Waals surface area contributed by atoms with E-state index in [1.54, 1.807) is 20.8 Å². The van der Waals surface area contributed by atoms with Gasteiger partial charge in [-0.3, -0.25) is 4.79 Å². The van der Waals surface area contributed by atoms with Gasteiger partial charge in [-0.25, -0.2) is 4.79 Å². The zero-order valence-corrected chi connectivity index (χ0v) is 15.1. The Balaban J connectivity index is 3.61. The van der Waals surface area contributed by atoms with Gasteiger partial charge >= 0.3 is 12.1 Å². The van der Waals surface area contributed by atoms with Gasteiger partial charge < -0.3 is 25.4 Å². The number of hydrogen-bond acceptors (Lipinski definition) is 8. The second-order valence-corrected chi connectivity index (χ2v) is 6.46. The fourth-order valence-electron chi connectivity index (χ4n) is 1.73. The summed E-state index contributed by atoms with van der Waals surface area (Å²) in [7, 11) is 0. The zero-order chi connectivity index (χ0) is 19.3. The summed E-state index contributed by atoms with van der Waals surface area (Å²) in [5, 5.41) is 11.7. The van der Waals surface area contributed by atoms with E-state index in [9.17, 15) is 19.7 Å². The first-order chi connectivity index (χ1) is 11.6. The SMILES string of the molecule is CC(C)(C)OC(=O)NCCCC[C@H](N)C(=O)OCCCCO[N+](=O)[O-]. The molecule has 0 fully saturated rings. The molecule has 1 atom stereocenters. The van der Waals surface area contributed by atoms with Crippen molar-refractivity contribution in [3.05, 3.63) is 10.1 Å². The number of nitrogens with two attached hydrogens (primary N) is 1. The second kappa shape index (κ2) is 12.3. The predicted molar refractivity (Wildman–Crippen MR) is 89.2 cm³/mol. The first-order valence-electron chi connectivity index (χ1n) is 8.28. The zero-order valence-electron chi connectivity index (χ0n) is 15.1. The van der Waals surface area contributed by atoms with Gasteiger partial charge in [0.05, 0.1) is 13.2 Å². The Bertz CT molecular complexity index is 424. The Kier molecular flexibility index (Phi) is 11.3. The minimum absolute atomic E-state index is 0.0265. The second-order valence-electron chi connectivity index (χ2n) is 6.46. The molecule has 0 aliphatic heterocycles. The van der Waals surface area contributed by atoms with Crippen molar-refractivity contribution in [3.8, 4) is 0 Å². The van der Waals surface area contributed by atoms with E-state index < -0.39 is 28.8 Å². The van der Waals surface area contributed by atoms with Gasteiger partial charge in [0.1, 0.15) is 11.6 Å². The van der Waals surface area contributed by atoms with Crippen LogP contribution < -0.4 is 11.1 Å². The van der Waals surface area contributed by atoms with Crippen molar-refractivity contribution in [3.63, 3.8) is 0 Å². The van der Waals surface area contributed by atoms with Crippen LogP contribution >= 0.6 is 0 Å². The van der Waals surface area contributed by atoms with E-state index in [0.717, 1.165) is 0 Å². The van der Waals surface area contributed by atoms with Crippen LogP contribution in [0.25, 0.3) is 0 Å². The third-order valence-corrected chi connectivity index (χ3v) is 2.89. The normalized spacial score (nSPS) is 12.2. The third-order valence-electron chi connectivity index (χ3n) is 2.89. The van der Waals surface area contributed by atoms with Gasteiger partial charge in [0.2, 0.25) is 0 Å². The molecule has 0 aliphatic carbocycles. The molecule has 0 aromatic rings. The number of carbonyl (C=O) groups is 2. The van der Waals surface area contributed by atoms with Gasteiger partial charge in [-0.2, -0.15) is 0 Å². The Morgan fingerprint density at radius 1 is 1.16 bits per heavy atom. The molecule has 3 N–H and O–H groups in total. The number of rotatable bonds is 12. The lowest BCUT2D eigenvalue weighted by Crippen LogP contribution is -2.34. The first-order valence-corrected chi connectivity index (χ1v) is 8.28. The number of esters is 1. The summed E-state index contributed by atoms with van der Waals surface area (Å²) in [5.41, 5.74) is 5.19. The molecule has 146 valence electrons. The van der Waals surface area contributed by atoms with E-state index in [0.29, 0.717) is 38.6 Å². The highest BCUT2D eigenvalue weighted by Gasteiger charge is 2.16. The summed E-state index contributed by atoms with van der Waals surface area (Å²) in [6.45, 7) is 5.91. The van der Waals surface area contributed by atoms with Crippen molar-refractivity contribution < 1.29 is 29.0 Å². The van der Waals surface area contributed by atoms with Crippen molar-refractivity contribution in [2.75, 3.05) is 19.8 Å². The number of nitrogens with zero attached hydrogens (tertiary/aromatic N) is 1. The summed E-state index contributed by atoms with van der Waals surface area (Å²) in [6, 6.07) is -0.725. The van der Waals surface area contributed by atoms with Crippen LogP contribution in [-0.2, 0) is 19.1 Å². The number of alkyl carbamates (subject to hydrolysis) is 1. The van der Waals surface area contributed by atoms with E-state index in [-0.39, 0.29) is 13.2 Å². The number of hydrogen-bond donors (Lipinski definition) is 2. The van der Waals surface area contributed by atoms with Crippen LogP contribution in [0.15, 0.2) is 0 Å². The van der Waals surface area contributed by atoms with E-state index >= 15 is 0 Å². The molecule has 0 saturated heterocycles. The molecule has 0 aromatic heterocycles. The molecule has 0 aromatic carbocycles. The number of carbonyl (C=O) groups excluding carboxylic acids is 2. The number of nitrogens with one attached hydrogen (secondary N) is 1. The monoisotopic (exact) mass is 363 g/mol. The molecule has 0 unspecified atom stereocenters. The molecule has 0 aliphatic rings. The molecule has 0 rings (SSSR count). The van der Waals surface area contributed by atoms with Gasteiger partial charge in [-0.1, -0.05) is 0 Å². The standard InChI is InChI=1S/C15H29N3O7/c1-15(2,3)25-14(20)17-9-5-4-8-12(16)13(19)23-10-6-7-11-24-18(21)22/h12H,4-11,16H2,1-3H3,(H,17,20)/t12-/m0/s1. The van der Waals surface area contributed by atoms with Crippen LogP contribution in [0.2, 0.25) is 0 Å². The number of ether oxygens (including phenoxy) is 2. The van der Waals surface area contributed by atoms with E-state index in [2.05, 4.69) is 10.2 Å². The predicted octanol–water partition coefficient (Wildman–Crippen LogP) is 1.54. The first kappa shape index (κ1) is 22.9. The molecule has 0 radical (unpaired) electrons. The summed E-state index contributed by atoms with van der Waals surface area (Å²) >= 11 is 0. The summed E-state index contributed by atoms with van der Waals surface area (Å²) < 4.78 is 10.1. The Morgan fingerprint density at radius 3 is 2.40 bits per heavy atom. The minimum Gasteiger partial charge on any atom is -0.465 e. The average molecular weight is 363 g/mol. The van der Waals surface area contributed by atoms with Crippen LogP contribution in [0.3, 0.4) is 0 Å². The van der Waals surface area contributed by atoms with Crippen LogP contribution in [0.4, 0.5) is 4.79 Å². The lowest BCUT2D eigenvalue weighted by atomic mass is 10.1. The fraction of sp³-hybridized carbons (Fsp3) is 0.867. The van der Waals surface area contributed by atoms with Crippen LogP contribution in [0.1, 0.15) is 52.9 Å². The molecular formula is C15H29N3O7. The minimum atomic E-state index is -0.862. The molecule has 0 heterocycles. The van der Waals surface area contributed by atoms with Crippen molar-refractivity contribution in [2.45, 2.75) is 64.5 Å². The lowest BCUT2D eigenvalue weighted by molar-refractivity contribution is -0.757. The molecule has 10 heteroatoms. The van der Waals surface area contributed by atoms with Crippen molar-refractivity contribution in [1.29, 1.82) is 0 Å². The smallest absolute Gasteiger partial charge is 0.407 e. The maximum absolute atomic E-state index is 11.6. The summed E-state index contributed by atoms with van der Waals surface area (Å²) in [4.78, 5) is 37.1. The highest BCUT2D eigenvalue weighted by molar-refractivity contribution is 5.75. The van der Waals surface area contributed by atoms with Crippen LogP contribution in [0, 0.1) is 10.1 Å². The largest absolute Gasteiger partial charge is 0.465 e. The maximum atomic E-state index is 11.6. The molecule has 0 spiro atoms. The summed E-state index contributed by atoms with van der Waals surface area (Å²) in [5.74, 6) is -0.504. The molecule has 25 heavy (non-hydrogen) atoms. The Morgan fingerprint density at radius 2 is 1.80 bits per heavy atom. The quantitative estimate of drug-likeness (QED) is 0.230. The third kappa shape index (κ3) is 15.2. The van der Waals surface area contributed by atoms with Crippen molar-refractivity contribution in [1.82, 2.24) is 5.32 Å². The summed E-state index contributed by atoms with van der Waals surface area (Å²) in [6.07, 6.45) is 2.17. The van der Waals surface area contributed by atoms with Crippen LogP contribution in [0.5, 0.6) is 0 Å². The highest BCUT2D eigenvalue weighted by Crippen LogP contribution is 2.06. The highest BCUT2D eigenvalue weighted by atomic mass is 16.9. The van der Waals surface area contributed by atoms with Gasteiger partial charge in [-0.15, -0.1) is 10.1 Å². The van der Waals surface area contributed by atoms with E-state index in [1.807, 2.05) is 0 Å². The fourth-order valence-corrected chi connectivity index (χ4v) is 1.73. The number of amides is 1. The van der Waals surface area contributed by atoms with Gasteiger partial charge in [-0.05, 0) is 52.9 Å². The topological polar surface area (TPSA) is 143 Å². The molecule has 10 nitrogen and oxygen atoms in total. The van der Waals surface area contributed by atoms with E-state index in [1.165, 1.54) is 0 Å². The van der Waals surface area contributed by atoms with E-state index in [4.69, 9.17) is 15.2 Å². The molecule has 0 bridgehead atoms. The number of unbranched alkanes of at least 4 members (excludes halogenated alkanes) is 2. The van der Waals surface area contributed by atoms with Gasteiger partial charge in [0.25, 0.3) is 5.09 Å². The van der Waals surface area contributed by atoms with Crippen molar-refractivity contribution >= 4 is 12.1 Å². The van der Waals surface area contributed by atoms with Crippen LogP contribution in [-0.4, -0.2) is 48.6 Å². The molecule has 0 saturated carbocycles. The molecule has 1 amide bonds. The molecular weight excluding hydrogens is 334 g/mol. The maximum Gasteiger partial charge on any atom is 0.407 e. The lowest BCUT2D eigenvalue weighted by Gasteiger charge is -2.19. The van der Waals surface area contributed by atoms with Gasteiger partial charge in [0, 0.05) is 6.54 Å². The Hall–Kier alpha value is -2.10. The average Bonchev–Trinajstić information content (AvgIpc) is 2.47.